The van der Waals surface area contributed by atoms with Gasteiger partial charge in [-0.2, -0.15) is 4.98 Å². The number of hydrogen-bond acceptors (Lipinski definition) is 9. The molecule has 238 valence electrons. The Bertz CT molecular complexity index is 1860. The fraction of sp³-hybridized carbons (Fsp3) is 0.441. The molecule has 1 saturated carbocycles. The van der Waals surface area contributed by atoms with Gasteiger partial charge >= 0.3 is 5.97 Å². The molecule has 2 saturated heterocycles. The smallest absolute Gasteiger partial charge is 0.335 e. The van der Waals surface area contributed by atoms with Gasteiger partial charge in [0.1, 0.15) is 35.3 Å². The van der Waals surface area contributed by atoms with Crippen molar-refractivity contribution in [3.8, 4) is 17.4 Å². The molecule has 0 amide bonds. The van der Waals surface area contributed by atoms with Gasteiger partial charge in [0, 0.05) is 35.9 Å². The van der Waals surface area contributed by atoms with Crippen molar-refractivity contribution in [1.29, 1.82) is 0 Å². The van der Waals surface area contributed by atoms with Crippen LogP contribution in [-0.4, -0.2) is 75.5 Å². The zero-order valence-corrected chi connectivity index (χ0v) is 26.2. The molecule has 0 spiro atoms. The lowest BCUT2D eigenvalue weighted by Gasteiger charge is -2.32. The van der Waals surface area contributed by atoms with Gasteiger partial charge in [-0.3, -0.25) is 4.90 Å². The lowest BCUT2D eigenvalue weighted by molar-refractivity contribution is -0.0592. The Morgan fingerprint density at radius 1 is 1.20 bits per heavy atom. The number of aromatic nitrogens is 4. The van der Waals surface area contributed by atoms with Crippen LogP contribution in [0.5, 0.6) is 17.4 Å². The third-order valence-electron chi connectivity index (χ3n) is 9.63. The van der Waals surface area contributed by atoms with Crippen LogP contribution in [-0.2, 0) is 29.8 Å². The molecule has 4 aromatic rings. The van der Waals surface area contributed by atoms with E-state index in [0.29, 0.717) is 47.6 Å². The van der Waals surface area contributed by atoms with Crippen molar-refractivity contribution >= 4 is 22.7 Å². The lowest BCUT2D eigenvalue weighted by atomic mass is 9.94. The Morgan fingerprint density at radius 3 is 2.72 bits per heavy atom. The fourth-order valence-corrected chi connectivity index (χ4v) is 6.77. The number of carboxylic acids is 1. The zero-order chi connectivity index (χ0) is 32.0. The molecule has 3 fully saturated rings. The van der Waals surface area contributed by atoms with Crippen LogP contribution in [0.2, 0.25) is 0 Å². The molecule has 3 aliphatic rings. The summed E-state index contributed by atoms with van der Waals surface area (Å²) in [6.07, 6.45) is 4.83. The normalized spacial score (nSPS) is 22.0. The molecule has 2 aliphatic heterocycles. The number of carbonyl (C=O) groups is 1. The van der Waals surface area contributed by atoms with Crippen molar-refractivity contribution < 1.29 is 28.8 Å². The van der Waals surface area contributed by atoms with Gasteiger partial charge in [-0.25, -0.2) is 19.6 Å². The molecule has 0 radical (unpaired) electrons. The molecule has 46 heavy (non-hydrogen) atoms. The number of likely N-dealkylation sites (tertiary alicyclic amines) is 1. The topological polar surface area (TPSA) is 125 Å². The second-order valence-corrected chi connectivity index (χ2v) is 12.4. The van der Waals surface area contributed by atoms with E-state index in [4.69, 9.17) is 40.5 Å². The number of benzene rings is 2. The molecule has 12 nitrogen and oxygen atoms in total. The minimum Gasteiger partial charge on any atom is -0.498 e. The molecule has 1 N–H and O–H groups in total. The van der Waals surface area contributed by atoms with Crippen LogP contribution >= 0.6 is 0 Å². The van der Waals surface area contributed by atoms with E-state index in [1.165, 1.54) is 6.07 Å². The van der Waals surface area contributed by atoms with Crippen LogP contribution in [0.3, 0.4) is 0 Å². The largest absolute Gasteiger partial charge is 0.498 e. The predicted octanol–water partition coefficient (Wildman–Crippen LogP) is 4.93. The Hall–Kier alpha value is -4.73. The maximum atomic E-state index is 11.9. The van der Waals surface area contributed by atoms with Crippen molar-refractivity contribution in [3.63, 3.8) is 0 Å². The lowest BCUT2D eigenvalue weighted by Crippen LogP contribution is -2.38. The molecule has 12 heteroatoms. The quantitative estimate of drug-likeness (QED) is 0.230. The second-order valence-electron chi connectivity index (χ2n) is 12.4. The summed E-state index contributed by atoms with van der Waals surface area (Å²) in [7, 11) is 3.13. The highest BCUT2D eigenvalue weighted by atomic mass is 16.5. The highest BCUT2D eigenvalue weighted by Crippen LogP contribution is 2.58. The predicted molar refractivity (Wildman–Crippen MR) is 168 cm³/mol. The molecule has 4 heterocycles. The summed E-state index contributed by atoms with van der Waals surface area (Å²) in [4.78, 5) is 32.4. The summed E-state index contributed by atoms with van der Waals surface area (Å²) in [5.74, 6) is 2.75. The second kappa shape index (κ2) is 11.9. The van der Waals surface area contributed by atoms with E-state index < -0.39 is 5.97 Å². The summed E-state index contributed by atoms with van der Waals surface area (Å²) in [5, 5.41) is 9.72. The van der Waals surface area contributed by atoms with Crippen LogP contribution in [0.25, 0.3) is 15.9 Å². The van der Waals surface area contributed by atoms with Gasteiger partial charge in [-0.1, -0.05) is 12.1 Å². The van der Waals surface area contributed by atoms with Crippen molar-refractivity contribution in [3.05, 3.63) is 76.3 Å². The van der Waals surface area contributed by atoms with Crippen molar-refractivity contribution in [2.75, 3.05) is 33.9 Å². The zero-order valence-electron chi connectivity index (χ0n) is 26.2. The summed E-state index contributed by atoms with van der Waals surface area (Å²) in [6.45, 7) is 13.2. The number of hydrogen-bond donors (Lipinski definition) is 1. The molecule has 2 unspecified atom stereocenters. The first-order chi connectivity index (χ1) is 22.3. The number of methoxy groups -OCH3 is 2. The van der Waals surface area contributed by atoms with Crippen LogP contribution < -0.4 is 14.2 Å². The molecule has 1 aliphatic carbocycles. The molecule has 2 aromatic heterocycles. The van der Waals surface area contributed by atoms with Gasteiger partial charge in [0.2, 0.25) is 5.88 Å². The highest BCUT2D eigenvalue weighted by molar-refractivity contribution is 5.95. The molecular formula is C34H36N6O6. The van der Waals surface area contributed by atoms with E-state index in [1.54, 1.807) is 32.4 Å². The average molecular weight is 625 g/mol. The molecule has 7 rings (SSSR count). The number of rotatable bonds is 11. The number of aromatic carboxylic acids is 1. The number of aryl methyl sites for hydroxylation is 1. The average Bonchev–Trinajstić information content (AvgIpc) is 3.68. The number of carboxylic acid groups (broad SMARTS) is 1. The minimum absolute atomic E-state index is 0.0726. The molecule has 3 atom stereocenters. The van der Waals surface area contributed by atoms with Crippen LogP contribution in [0.1, 0.15) is 52.4 Å². The first-order valence-electron chi connectivity index (χ1n) is 15.5. The van der Waals surface area contributed by atoms with Gasteiger partial charge in [-0.05, 0) is 56.8 Å². The highest BCUT2D eigenvalue weighted by Gasteiger charge is 2.59. The first-order valence-corrected chi connectivity index (χ1v) is 15.5. The third-order valence-corrected chi connectivity index (χ3v) is 9.63. The summed E-state index contributed by atoms with van der Waals surface area (Å²) in [5.41, 5.74) is 3.74. The number of ether oxygens (including phenoxy) is 4. The maximum absolute atomic E-state index is 11.9. The van der Waals surface area contributed by atoms with E-state index in [2.05, 4.69) is 14.3 Å². The summed E-state index contributed by atoms with van der Waals surface area (Å²) >= 11 is 0. The maximum Gasteiger partial charge on any atom is 0.335 e. The van der Waals surface area contributed by atoms with Crippen molar-refractivity contribution in [1.82, 2.24) is 24.4 Å². The Kier molecular flexibility index (Phi) is 7.74. The van der Waals surface area contributed by atoms with Gasteiger partial charge < -0.3 is 28.6 Å². The van der Waals surface area contributed by atoms with E-state index in [1.807, 2.05) is 19.2 Å². The fourth-order valence-electron chi connectivity index (χ4n) is 6.77. The minimum atomic E-state index is -1.00. The summed E-state index contributed by atoms with van der Waals surface area (Å²) < 4.78 is 25.1. The SMILES string of the molecule is [C-]#[N+]c1ccc(COc2nc(C34CCN(Cc5nc6c(OC)cc(C(=O)O)cc6n5C[C@@H]5CCO5)CC3C4)ncc2C)c(OC)c1. The summed E-state index contributed by atoms with van der Waals surface area (Å²) in [6, 6.07) is 8.54. The van der Waals surface area contributed by atoms with Crippen LogP contribution in [0.4, 0.5) is 5.69 Å². The molecule has 0 bridgehead atoms. The number of fused-ring (bicyclic) bond motifs is 2. The number of piperidine rings is 1. The van der Waals surface area contributed by atoms with Gasteiger partial charge in [0.15, 0.2) is 5.69 Å². The Labute approximate surface area is 266 Å². The number of imidazole rings is 1. The van der Waals surface area contributed by atoms with E-state index in [9.17, 15) is 9.90 Å². The first kappa shape index (κ1) is 30.0. The third kappa shape index (κ3) is 5.39. The van der Waals surface area contributed by atoms with Gasteiger partial charge in [0.25, 0.3) is 0 Å². The van der Waals surface area contributed by atoms with Gasteiger partial charge in [-0.15, -0.1) is 0 Å². The van der Waals surface area contributed by atoms with E-state index >= 15 is 0 Å². The van der Waals surface area contributed by atoms with Crippen molar-refractivity contribution in [2.45, 2.75) is 57.4 Å². The standard InChI is InChI=1S/C34H36N6O6/c1-20-15-36-33(38-31(20)46-19-21-5-6-24(35-2)13-27(21)43-3)34-8-9-39(16-23(34)14-34)18-29-37-30-26(40(29)17-25-7-10-45-25)11-22(32(41)42)12-28(30)44-4/h5-6,11-13,15,23,25H,7-10,14,16-19H2,1,3-4H3,(H,41,42)/t23?,25-,34?/m0/s1. The molecular weight excluding hydrogens is 588 g/mol. The van der Waals surface area contributed by atoms with Crippen molar-refractivity contribution in [2.24, 2.45) is 5.92 Å². The van der Waals surface area contributed by atoms with E-state index in [0.717, 1.165) is 67.3 Å². The molecule has 2 aromatic carbocycles. The Morgan fingerprint density at radius 2 is 2.02 bits per heavy atom. The van der Waals surface area contributed by atoms with Crippen LogP contribution in [0, 0.1) is 19.4 Å². The van der Waals surface area contributed by atoms with Gasteiger partial charge in [0.05, 0.1) is 51.1 Å². The monoisotopic (exact) mass is 624 g/mol. The van der Waals surface area contributed by atoms with Crippen LogP contribution in [0.15, 0.2) is 36.5 Å². The number of nitrogens with zero attached hydrogens (tertiary/aromatic N) is 6. The van der Waals surface area contributed by atoms with E-state index in [-0.39, 0.29) is 23.7 Å². The Balaban J connectivity index is 1.08.